The summed E-state index contributed by atoms with van der Waals surface area (Å²) in [6.07, 6.45) is 1.45. The van der Waals surface area contributed by atoms with Crippen LogP contribution in [0.1, 0.15) is 45.0 Å². The van der Waals surface area contributed by atoms with Crippen molar-refractivity contribution in [2.45, 2.75) is 19.9 Å². The minimum atomic E-state index is -0.329. The van der Waals surface area contributed by atoms with Gasteiger partial charge in [-0.05, 0) is 55.8 Å². The van der Waals surface area contributed by atoms with E-state index < -0.39 is 0 Å². The molecule has 2 amide bonds. The molecule has 0 radical (unpaired) electrons. The second-order valence-electron chi connectivity index (χ2n) is 6.51. The number of aryl methyl sites for hydroxylation is 1. The Bertz CT molecular complexity index is 913. The van der Waals surface area contributed by atoms with Crippen molar-refractivity contribution in [1.82, 2.24) is 4.90 Å². The van der Waals surface area contributed by atoms with E-state index in [9.17, 15) is 9.59 Å². The number of rotatable bonds is 5. The van der Waals surface area contributed by atoms with E-state index in [1.165, 1.54) is 11.8 Å². The Hall–Kier alpha value is -3.34. The van der Waals surface area contributed by atoms with Gasteiger partial charge in [0.15, 0.2) is 5.76 Å². The highest BCUT2D eigenvalue weighted by Crippen LogP contribution is 2.22. The van der Waals surface area contributed by atoms with Gasteiger partial charge in [-0.3, -0.25) is 9.59 Å². The number of nitrogens with one attached hydrogen (secondary N) is 1. The Morgan fingerprint density at radius 3 is 2.26 bits per heavy atom. The smallest absolute Gasteiger partial charge is 0.291 e. The fourth-order valence-electron chi connectivity index (χ4n) is 2.74. The van der Waals surface area contributed by atoms with Crippen LogP contribution in [0.5, 0.6) is 0 Å². The molecule has 1 heterocycles. The maximum atomic E-state index is 12.8. The minimum Gasteiger partial charge on any atom is -0.459 e. The summed E-state index contributed by atoms with van der Waals surface area (Å²) in [6, 6.07) is 18.2. The van der Waals surface area contributed by atoms with Crippen molar-refractivity contribution >= 4 is 17.5 Å². The van der Waals surface area contributed by atoms with Crippen LogP contribution >= 0.6 is 0 Å². The Kier molecular flexibility index (Phi) is 5.41. The molecule has 0 saturated heterocycles. The molecule has 2 aromatic carbocycles. The maximum Gasteiger partial charge on any atom is 0.291 e. The van der Waals surface area contributed by atoms with Crippen LogP contribution in [-0.4, -0.2) is 23.8 Å². The minimum absolute atomic E-state index is 0.0450. The third kappa shape index (κ3) is 4.26. The van der Waals surface area contributed by atoms with E-state index in [2.05, 4.69) is 5.32 Å². The lowest BCUT2D eigenvalue weighted by Crippen LogP contribution is -2.29. The molecule has 1 atom stereocenters. The van der Waals surface area contributed by atoms with Gasteiger partial charge in [0.2, 0.25) is 0 Å². The van der Waals surface area contributed by atoms with Gasteiger partial charge in [0.1, 0.15) is 0 Å². The number of carbonyl (C=O) groups is 2. The van der Waals surface area contributed by atoms with Crippen LogP contribution in [0.3, 0.4) is 0 Å². The van der Waals surface area contributed by atoms with E-state index in [1.54, 1.807) is 48.3 Å². The second-order valence-corrected chi connectivity index (χ2v) is 6.51. The van der Waals surface area contributed by atoms with Crippen molar-refractivity contribution in [2.75, 3.05) is 12.4 Å². The van der Waals surface area contributed by atoms with Crippen LogP contribution in [0.2, 0.25) is 0 Å². The van der Waals surface area contributed by atoms with Crippen molar-refractivity contribution in [3.63, 3.8) is 0 Å². The van der Waals surface area contributed by atoms with Gasteiger partial charge in [-0.1, -0.05) is 29.8 Å². The molecule has 3 aromatic rings. The normalized spacial score (nSPS) is 11.7. The highest BCUT2D eigenvalue weighted by Gasteiger charge is 2.19. The highest BCUT2D eigenvalue weighted by atomic mass is 16.3. The molecule has 3 rings (SSSR count). The number of hydrogen-bond acceptors (Lipinski definition) is 3. The summed E-state index contributed by atoms with van der Waals surface area (Å²) in [4.78, 5) is 26.5. The number of nitrogens with zero attached hydrogens (tertiary/aromatic N) is 1. The van der Waals surface area contributed by atoms with Crippen molar-refractivity contribution in [3.8, 4) is 0 Å². The lowest BCUT2D eigenvalue weighted by atomic mass is 10.0. The monoisotopic (exact) mass is 362 g/mol. The summed E-state index contributed by atoms with van der Waals surface area (Å²) in [5.74, 6) is -0.169. The molecule has 0 bridgehead atoms. The summed E-state index contributed by atoms with van der Waals surface area (Å²) in [6.45, 7) is 4.04. The van der Waals surface area contributed by atoms with Crippen molar-refractivity contribution in [3.05, 3.63) is 89.4 Å². The van der Waals surface area contributed by atoms with Crippen LogP contribution in [0.15, 0.2) is 71.3 Å². The zero-order valence-electron chi connectivity index (χ0n) is 15.6. The average molecular weight is 362 g/mol. The number of benzene rings is 2. The van der Waals surface area contributed by atoms with Crippen molar-refractivity contribution in [2.24, 2.45) is 0 Å². The molecule has 1 N–H and O–H groups in total. The summed E-state index contributed by atoms with van der Waals surface area (Å²) in [7, 11) is 1.79. The quantitative estimate of drug-likeness (QED) is 0.717. The number of hydrogen-bond donors (Lipinski definition) is 1. The number of anilines is 1. The maximum absolute atomic E-state index is 12.8. The van der Waals surface area contributed by atoms with E-state index >= 15 is 0 Å². The molecule has 5 heteroatoms. The summed E-state index contributed by atoms with van der Waals surface area (Å²) >= 11 is 0. The fourth-order valence-corrected chi connectivity index (χ4v) is 2.74. The molecular formula is C22H22N2O3. The van der Waals surface area contributed by atoms with Crippen LogP contribution < -0.4 is 5.32 Å². The molecule has 0 fully saturated rings. The molecule has 0 spiro atoms. The van der Waals surface area contributed by atoms with Gasteiger partial charge in [0, 0.05) is 18.3 Å². The molecule has 0 aliphatic rings. The number of amides is 2. The van der Waals surface area contributed by atoms with Crippen LogP contribution in [-0.2, 0) is 0 Å². The van der Waals surface area contributed by atoms with Crippen LogP contribution in [0.25, 0.3) is 0 Å². The van der Waals surface area contributed by atoms with E-state index in [1.807, 2.05) is 38.1 Å². The SMILES string of the molecule is Cc1ccc(C(C)N(C)C(=O)c2ccc(NC(=O)c3ccco3)cc2)cc1. The lowest BCUT2D eigenvalue weighted by Gasteiger charge is -2.25. The molecule has 0 aliphatic carbocycles. The number of carbonyl (C=O) groups excluding carboxylic acids is 2. The molecule has 1 aromatic heterocycles. The van der Waals surface area contributed by atoms with Crippen molar-refractivity contribution < 1.29 is 14.0 Å². The Morgan fingerprint density at radius 2 is 1.67 bits per heavy atom. The Morgan fingerprint density at radius 1 is 1.00 bits per heavy atom. The van der Waals surface area contributed by atoms with Crippen LogP contribution in [0.4, 0.5) is 5.69 Å². The molecular weight excluding hydrogens is 340 g/mol. The first-order valence-electron chi connectivity index (χ1n) is 8.74. The predicted molar refractivity (Wildman–Crippen MR) is 105 cm³/mol. The molecule has 0 saturated carbocycles. The fraction of sp³-hybridized carbons (Fsp3) is 0.182. The Labute approximate surface area is 158 Å². The first-order chi connectivity index (χ1) is 13.0. The van der Waals surface area contributed by atoms with Crippen molar-refractivity contribution in [1.29, 1.82) is 0 Å². The van der Waals surface area contributed by atoms with Gasteiger partial charge in [-0.2, -0.15) is 0 Å². The topological polar surface area (TPSA) is 62.6 Å². The van der Waals surface area contributed by atoms with Gasteiger partial charge in [0.05, 0.1) is 12.3 Å². The second kappa shape index (κ2) is 7.91. The Balaban J connectivity index is 1.67. The first kappa shape index (κ1) is 18.5. The zero-order valence-corrected chi connectivity index (χ0v) is 15.6. The standard InChI is InChI=1S/C22H22N2O3/c1-15-6-8-17(9-7-15)16(2)24(3)22(26)18-10-12-19(13-11-18)23-21(25)20-5-4-14-27-20/h4-14,16H,1-3H3,(H,23,25). The third-order valence-electron chi connectivity index (χ3n) is 4.60. The molecule has 1 unspecified atom stereocenters. The number of furan rings is 1. The molecule has 0 aliphatic heterocycles. The van der Waals surface area contributed by atoms with E-state index in [0.29, 0.717) is 11.3 Å². The predicted octanol–water partition coefficient (Wildman–Crippen LogP) is 4.67. The summed E-state index contributed by atoms with van der Waals surface area (Å²) < 4.78 is 5.06. The summed E-state index contributed by atoms with van der Waals surface area (Å²) in [5, 5.41) is 2.74. The highest BCUT2D eigenvalue weighted by molar-refractivity contribution is 6.02. The molecule has 5 nitrogen and oxygen atoms in total. The largest absolute Gasteiger partial charge is 0.459 e. The van der Waals surface area contributed by atoms with E-state index in [-0.39, 0.29) is 23.6 Å². The molecule has 138 valence electrons. The summed E-state index contributed by atoms with van der Waals surface area (Å²) in [5.41, 5.74) is 3.43. The van der Waals surface area contributed by atoms with E-state index in [0.717, 1.165) is 5.56 Å². The van der Waals surface area contributed by atoms with Gasteiger partial charge >= 0.3 is 0 Å². The zero-order chi connectivity index (χ0) is 19.4. The van der Waals surface area contributed by atoms with Crippen LogP contribution in [0, 0.1) is 6.92 Å². The van der Waals surface area contributed by atoms with E-state index in [4.69, 9.17) is 4.42 Å². The van der Waals surface area contributed by atoms with Gasteiger partial charge in [-0.15, -0.1) is 0 Å². The lowest BCUT2D eigenvalue weighted by molar-refractivity contribution is 0.0742. The molecule has 27 heavy (non-hydrogen) atoms. The third-order valence-corrected chi connectivity index (χ3v) is 4.60. The van der Waals surface area contributed by atoms with Gasteiger partial charge in [0.25, 0.3) is 11.8 Å². The first-order valence-corrected chi connectivity index (χ1v) is 8.74. The van der Waals surface area contributed by atoms with Gasteiger partial charge < -0.3 is 14.6 Å². The average Bonchev–Trinajstić information content (AvgIpc) is 3.22. The van der Waals surface area contributed by atoms with Gasteiger partial charge in [-0.25, -0.2) is 0 Å².